The lowest BCUT2D eigenvalue weighted by atomic mass is 10.0. The minimum absolute atomic E-state index is 0.00306. The van der Waals surface area contributed by atoms with Crippen molar-refractivity contribution in [3.05, 3.63) is 155 Å². The number of aromatic hydroxyl groups is 3. The highest BCUT2D eigenvalue weighted by molar-refractivity contribution is 8.76. The van der Waals surface area contributed by atoms with Gasteiger partial charge in [0.05, 0.1) is 28.3 Å². The maximum atomic E-state index is 16.9. The molecule has 0 saturated heterocycles. The van der Waals surface area contributed by atoms with Crippen LogP contribution in [0.4, 0.5) is 23.2 Å². The molecule has 0 saturated carbocycles. The number of nitrogens with zero attached hydrogens (tertiary/aromatic N) is 3. The molecule has 0 radical (unpaired) electrons. The van der Waals surface area contributed by atoms with E-state index in [0.717, 1.165) is 4.90 Å². The second-order valence-electron chi connectivity index (χ2n) is 17.1. The van der Waals surface area contributed by atoms with E-state index in [9.17, 15) is 30.0 Å². The van der Waals surface area contributed by atoms with Crippen molar-refractivity contribution in [3.8, 4) is 61.8 Å². The van der Waals surface area contributed by atoms with Crippen molar-refractivity contribution in [1.82, 2.24) is 30.2 Å². The summed E-state index contributed by atoms with van der Waals surface area (Å²) in [4.78, 5) is 41.9. The van der Waals surface area contributed by atoms with Gasteiger partial charge >= 0.3 is 0 Å². The number of amides is 2. The zero-order valence-corrected chi connectivity index (χ0v) is 40.4. The number of rotatable bonds is 15. The number of carbonyl (C=O) groups is 2. The highest BCUT2D eigenvalue weighted by Gasteiger charge is 2.30. The molecule has 13 nitrogen and oxygen atoms in total. The highest BCUT2D eigenvalue weighted by atomic mass is 33.1. The van der Waals surface area contributed by atoms with E-state index in [2.05, 4.69) is 20.6 Å². The van der Waals surface area contributed by atoms with Crippen LogP contribution in [0, 0.1) is 23.3 Å². The smallest absolute Gasteiger partial charge is 0.248 e. The fourth-order valence-corrected chi connectivity index (χ4v) is 10.8. The Kier molecular flexibility index (Phi) is 14.0. The summed E-state index contributed by atoms with van der Waals surface area (Å²) in [6.07, 6.45) is 8.14. The number of phenols is 3. The van der Waals surface area contributed by atoms with Gasteiger partial charge in [-0.25, -0.2) is 27.5 Å². The number of phenolic OH excluding ortho intramolecular Hbond substituents is 3. The largest absolute Gasteiger partial charge is 0.508 e. The standard InChI is InChI=1S/C55H43F4N7O6S2/c56-51-50(52(57)54(59)55(53(51)58)61-22-25-74-73-24-21-60-43(70)20-23-66-44(71)18-19-45(66)72)49-41-16-14-39(64-41)47(30-5-2-8-33(68)27-30)37-12-10-35(62-37)46(29-4-1-7-32(67)26-29)36-11-13-38(63-36)48(40-15-17-42(49)65-40)31-6-3-9-34(69)28-31/h1-19,26-28,44,61-62,65,67-69,71H,20-25H2,(H,60,70). The number of benzene rings is 4. The summed E-state index contributed by atoms with van der Waals surface area (Å²) in [5.41, 5.74) is 3.35. The summed E-state index contributed by atoms with van der Waals surface area (Å²) < 4.78 is 66.5. The predicted molar refractivity (Wildman–Crippen MR) is 283 cm³/mol. The maximum Gasteiger partial charge on any atom is 0.248 e. The Bertz CT molecular complexity index is 3600. The van der Waals surface area contributed by atoms with Crippen LogP contribution in [-0.2, 0) is 9.59 Å². The van der Waals surface area contributed by atoms with Crippen molar-refractivity contribution in [2.45, 2.75) is 12.6 Å². The summed E-state index contributed by atoms with van der Waals surface area (Å²) in [5, 5.41) is 47.1. The summed E-state index contributed by atoms with van der Waals surface area (Å²) in [6.45, 7) is 0.243. The van der Waals surface area contributed by atoms with Gasteiger partial charge in [-0.3, -0.25) is 9.59 Å². The molecule has 8 bridgehead atoms. The number of hydrogen-bond donors (Lipinski definition) is 8. The first-order valence-electron chi connectivity index (χ1n) is 23.2. The fourth-order valence-electron chi connectivity index (χ4n) is 8.99. The number of halogens is 4. The van der Waals surface area contributed by atoms with Gasteiger partial charge in [0.25, 0.3) is 0 Å². The Morgan fingerprint density at radius 3 is 1.45 bits per heavy atom. The van der Waals surface area contributed by atoms with Gasteiger partial charge in [0.1, 0.15) is 29.2 Å². The van der Waals surface area contributed by atoms with Crippen LogP contribution in [0.3, 0.4) is 0 Å². The van der Waals surface area contributed by atoms with Gasteiger partial charge < -0.3 is 45.9 Å². The van der Waals surface area contributed by atoms with E-state index >= 15 is 17.6 Å². The summed E-state index contributed by atoms with van der Waals surface area (Å²) in [7, 11) is 2.65. The molecule has 8 N–H and O–H groups in total. The molecule has 0 spiro atoms. The number of carbonyl (C=O) groups excluding carboxylic acids is 2. The molecule has 4 aromatic carbocycles. The van der Waals surface area contributed by atoms with Crippen LogP contribution in [-0.4, -0.2) is 94.4 Å². The van der Waals surface area contributed by atoms with Crippen molar-refractivity contribution < 1.29 is 47.6 Å². The monoisotopic (exact) mass is 1040 g/mol. The molecular formula is C55H43F4N7O6S2. The summed E-state index contributed by atoms with van der Waals surface area (Å²) in [5.74, 6) is -6.78. The summed E-state index contributed by atoms with van der Waals surface area (Å²) >= 11 is 0. The third kappa shape index (κ3) is 9.96. The Hall–Kier alpha value is -8.26. The van der Waals surface area contributed by atoms with Crippen LogP contribution in [0.5, 0.6) is 17.2 Å². The average molecular weight is 1040 g/mol. The maximum absolute atomic E-state index is 16.9. The number of fused-ring (bicyclic) bond motifs is 8. The minimum atomic E-state index is -1.69. The number of aliphatic hydroxyl groups excluding tert-OH is 1. The third-order valence-corrected chi connectivity index (χ3v) is 14.8. The molecule has 0 aliphatic carbocycles. The molecule has 2 amide bonds. The highest BCUT2D eigenvalue weighted by Crippen LogP contribution is 2.42. The first-order valence-corrected chi connectivity index (χ1v) is 25.6. The Labute approximate surface area is 427 Å². The SMILES string of the molecule is O=C(CCN1C(=O)C=CC1O)NCCSSCCNc1c(F)c(F)c(-c2c3nc(c(-c4cccc(O)c4)c4ccc([nH]4)c(-c4cccc(O)c4)c4nc(c(-c5cccc(O)c5)c5ccc2[nH]5)C=C4)C=C3)c(F)c1F. The van der Waals surface area contributed by atoms with Gasteiger partial charge in [-0.2, -0.15) is 0 Å². The van der Waals surface area contributed by atoms with E-state index in [0.29, 0.717) is 67.1 Å². The molecule has 6 heterocycles. The molecule has 74 heavy (non-hydrogen) atoms. The number of H-pyrrole nitrogens is 2. The van der Waals surface area contributed by atoms with Crippen LogP contribution in [0.1, 0.15) is 29.2 Å². The predicted octanol–water partition coefficient (Wildman–Crippen LogP) is 11.0. The number of anilines is 1. The fraction of sp³-hybridized carbons (Fsp3) is 0.127. The first-order chi connectivity index (χ1) is 35.8. The van der Waals surface area contributed by atoms with E-state index in [-0.39, 0.29) is 83.3 Å². The van der Waals surface area contributed by atoms with E-state index < -0.39 is 40.7 Å². The van der Waals surface area contributed by atoms with Crippen LogP contribution >= 0.6 is 21.6 Å². The molecule has 1 atom stereocenters. The normalized spacial score (nSPS) is 13.8. The van der Waals surface area contributed by atoms with Crippen molar-refractivity contribution in [2.75, 3.05) is 36.5 Å². The van der Waals surface area contributed by atoms with E-state index in [4.69, 9.17) is 9.97 Å². The van der Waals surface area contributed by atoms with Crippen molar-refractivity contribution in [3.63, 3.8) is 0 Å². The number of hydrogen-bond acceptors (Lipinski definition) is 11. The van der Waals surface area contributed by atoms with E-state index in [1.54, 1.807) is 72.8 Å². The second kappa shape index (κ2) is 21.1. The molecule has 1 unspecified atom stereocenters. The third-order valence-electron chi connectivity index (χ3n) is 12.3. The molecule has 3 aromatic heterocycles. The van der Waals surface area contributed by atoms with Crippen molar-refractivity contribution in [2.24, 2.45) is 0 Å². The van der Waals surface area contributed by atoms with Crippen LogP contribution in [0.2, 0.25) is 0 Å². The van der Waals surface area contributed by atoms with Gasteiger partial charge in [0, 0.05) is 88.0 Å². The first kappa shape index (κ1) is 49.3. The van der Waals surface area contributed by atoms with Gasteiger partial charge in [-0.05, 0) is 108 Å². The van der Waals surface area contributed by atoms with Crippen LogP contribution < -0.4 is 10.6 Å². The topological polar surface area (TPSA) is 200 Å². The molecule has 3 aliphatic rings. The lowest BCUT2D eigenvalue weighted by Crippen LogP contribution is -2.37. The second-order valence-corrected chi connectivity index (χ2v) is 19.8. The molecule has 0 fully saturated rings. The number of aliphatic hydroxyl groups is 1. The van der Waals surface area contributed by atoms with Gasteiger partial charge in [-0.15, -0.1) is 0 Å². The number of aromatic nitrogens is 4. The molecule has 10 rings (SSSR count). The molecule has 374 valence electrons. The average Bonchev–Trinajstić information content (AvgIpc) is 4.26. The molecule has 7 aromatic rings. The van der Waals surface area contributed by atoms with E-state index in [1.807, 2.05) is 12.1 Å². The van der Waals surface area contributed by atoms with E-state index in [1.165, 1.54) is 70.1 Å². The zero-order chi connectivity index (χ0) is 51.6. The van der Waals surface area contributed by atoms with Crippen molar-refractivity contribution in [1.29, 1.82) is 0 Å². The molecular weight excluding hydrogens is 995 g/mol. The number of nitrogens with one attached hydrogen (secondary N) is 4. The van der Waals surface area contributed by atoms with Gasteiger partial charge in [0.15, 0.2) is 23.3 Å². The van der Waals surface area contributed by atoms with Crippen molar-refractivity contribution >= 4 is 85.5 Å². The minimum Gasteiger partial charge on any atom is -0.508 e. The quantitative estimate of drug-likeness (QED) is 0.0210. The number of aromatic amines is 2. The van der Waals surface area contributed by atoms with Crippen LogP contribution in [0.25, 0.3) is 90.9 Å². The van der Waals surface area contributed by atoms with Gasteiger partial charge in [0.2, 0.25) is 11.8 Å². The lowest BCUT2D eigenvalue weighted by molar-refractivity contribution is -0.131. The zero-order valence-electron chi connectivity index (χ0n) is 38.8. The Balaban J connectivity index is 1.05. The van der Waals surface area contributed by atoms with Gasteiger partial charge in [-0.1, -0.05) is 58.0 Å². The Morgan fingerprint density at radius 1 is 0.581 bits per heavy atom. The lowest BCUT2D eigenvalue weighted by Gasteiger charge is -2.19. The van der Waals surface area contributed by atoms with Crippen LogP contribution in [0.15, 0.2) is 109 Å². The summed E-state index contributed by atoms with van der Waals surface area (Å²) in [6, 6.07) is 26.3. The Morgan fingerprint density at radius 2 is 1.01 bits per heavy atom. The molecule has 3 aliphatic heterocycles. The molecule has 19 heteroatoms.